The summed E-state index contributed by atoms with van der Waals surface area (Å²) < 4.78 is 4.87. The van der Waals surface area contributed by atoms with E-state index in [2.05, 4.69) is 0 Å². The third-order valence-corrected chi connectivity index (χ3v) is 2.28. The molecule has 0 aromatic heterocycles. The maximum atomic E-state index is 8.50. The van der Waals surface area contributed by atoms with Crippen LogP contribution in [0.5, 0.6) is 0 Å². The molecule has 0 unspecified atom stereocenters. The molecule has 0 bridgehead atoms. The van der Waals surface area contributed by atoms with Crippen molar-refractivity contribution in [3.8, 4) is 0 Å². The molecular weight excluding hydrogens is 288 g/mol. The van der Waals surface area contributed by atoms with Crippen LogP contribution in [-0.2, 0) is 4.52 Å². The molecule has 1 saturated carbocycles. The summed E-state index contributed by atoms with van der Waals surface area (Å²) in [5.41, 5.74) is 0. The van der Waals surface area contributed by atoms with Gasteiger partial charge in [0.2, 0.25) is 0 Å². The molecule has 1 aliphatic rings. The predicted molar refractivity (Wildman–Crippen MR) is 47.9 cm³/mol. The van der Waals surface area contributed by atoms with Gasteiger partial charge in [0, 0.05) is 0 Å². The normalized spacial score (nSPS) is 19.9. The second kappa shape index (κ2) is 7.30. The van der Waals surface area contributed by atoms with Crippen LogP contribution in [-0.4, -0.2) is 64.8 Å². The molecule has 0 atom stereocenters. The Morgan fingerprint density at radius 2 is 1.64 bits per heavy atom. The third kappa shape index (κ3) is 6.02. The standard InChI is InChI=1S/C6H13O3P.Ba.2H/c7-10(8)9-6-4-2-1-3-5-6;;;/h6-8H,1-5H2;;;. The first-order chi connectivity index (χ1) is 4.79. The van der Waals surface area contributed by atoms with E-state index in [9.17, 15) is 0 Å². The van der Waals surface area contributed by atoms with Gasteiger partial charge in [-0.3, -0.25) is 0 Å². The second-order valence-corrected chi connectivity index (χ2v) is 3.33. The van der Waals surface area contributed by atoms with Gasteiger partial charge >= 0.3 is 57.5 Å². The summed E-state index contributed by atoms with van der Waals surface area (Å²) in [7, 11) is -2.12. The Morgan fingerprint density at radius 1 is 1.09 bits per heavy atom. The molecular formula is C6H15BaO3P. The molecule has 1 rings (SSSR count). The van der Waals surface area contributed by atoms with Gasteiger partial charge in [-0.1, -0.05) is 19.3 Å². The minimum atomic E-state index is -2.12. The van der Waals surface area contributed by atoms with Gasteiger partial charge in [0.25, 0.3) is 0 Å². The van der Waals surface area contributed by atoms with Crippen molar-refractivity contribution >= 4 is 57.5 Å². The quantitative estimate of drug-likeness (QED) is 0.581. The van der Waals surface area contributed by atoms with E-state index in [0.29, 0.717) is 0 Å². The number of hydrogen-bond acceptors (Lipinski definition) is 3. The molecule has 11 heavy (non-hydrogen) atoms. The van der Waals surface area contributed by atoms with Crippen molar-refractivity contribution < 1.29 is 14.3 Å². The monoisotopic (exact) mass is 304 g/mol. The summed E-state index contributed by atoms with van der Waals surface area (Å²) in [5, 5.41) is 0. The van der Waals surface area contributed by atoms with E-state index < -0.39 is 8.60 Å². The first kappa shape index (κ1) is 12.9. The summed E-state index contributed by atoms with van der Waals surface area (Å²) in [5.74, 6) is 0. The van der Waals surface area contributed by atoms with Crippen LogP contribution in [0.15, 0.2) is 0 Å². The Labute approximate surface area is 109 Å². The van der Waals surface area contributed by atoms with Gasteiger partial charge in [0.05, 0.1) is 6.10 Å². The molecule has 0 saturated heterocycles. The van der Waals surface area contributed by atoms with Crippen LogP contribution in [0, 0.1) is 0 Å². The van der Waals surface area contributed by atoms with E-state index in [1.165, 1.54) is 6.42 Å². The molecule has 1 aliphatic carbocycles. The fraction of sp³-hybridized carbons (Fsp3) is 1.00. The molecule has 0 aliphatic heterocycles. The zero-order valence-corrected chi connectivity index (χ0v) is 6.76. The molecule has 3 nitrogen and oxygen atoms in total. The fourth-order valence-corrected chi connectivity index (χ4v) is 1.78. The Hall–Kier alpha value is 1.88. The van der Waals surface area contributed by atoms with Gasteiger partial charge in [0.15, 0.2) is 0 Å². The predicted octanol–water partition coefficient (Wildman–Crippen LogP) is 0.631. The summed E-state index contributed by atoms with van der Waals surface area (Å²) in [6.45, 7) is 0. The molecule has 1 fully saturated rings. The first-order valence-electron chi connectivity index (χ1n) is 3.63. The summed E-state index contributed by atoms with van der Waals surface area (Å²) in [6, 6.07) is 0. The summed E-state index contributed by atoms with van der Waals surface area (Å²) in [6.07, 6.45) is 5.66. The zero-order chi connectivity index (χ0) is 7.40. The van der Waals surface area contributed by atoms with Gasteiger partial charge < -0.3 is 14.3 Å². The van der Waals surface area contributed by atoms with Crippen molar-refractivity contribution in [2.24, 2.45) is 0 Å². The summed E-state index contributed by atoms with van der Waals surface area (Å²) >= 11 is 0. The van der Waals surface area contributed by atoms with Crippen LogP contribution in [0.3, 0.4) is 0 Å². The molecule has 0 radical (unpaired) electrons. The number of rotatable bonds is 2. The molecule has 0 heterocycles. The van der Waals surface area contributed by atoms with Crippen molar-refractivity contribution in [2.75, 3.05) is 0 Å². The Kier molecular flexibility index (Phi) is 8.55. The van der Waals surface area contributed by atoms with Crippen molar-refractivity contribution in [1.82, 2.24) is 0 Å². The van der Waals surface area contributed by atoms with Crippen LogP contribution < -0.4 is 0 Å². The van der Waals surface area contributed by atoms with E-state index in [0.717, 1.165) is 25.7 Å². The van der Waals surface area contributed by atoms with Crippen molar-refractivity contribution in [3.05, 3.63) is 0 Å². The molecule has 2 N–H and O–H groups in total. The van der Waals surface area contributed by atoms with Crippen LogP contribution in [0.4, 0.5) is 0 Å². The fourth-order valence-electron chi connectivity index (χ4n) is 1.30. The molecule has 0 aromatic rings. The SMILES string of the molecule is OP(O)OC1CCCCC1.[BaH2]. The van der Waals surface area contributed by atoms with E-state index in [1.54, 1.807) is 0 Å². The van der Waals surface area contributed by atoms with E-state index in [4.69, 9.17) is 14.3 Å². The van der Waals surface area contributed by atoms with E-state index in [-0.39, 0.29) is 55.0 Å². The van der Waals surface area contributed by atoms with Gasteiger partial charge in [-0.25, -0.2) is 0 Å². The van der Waals surface area contributed by atoms with Crippen LogP contribution in [0.1, 0.15) is 32.1 Å². The van der Waals surface area contributed by atoms with Gasteiger partial charge in [-0.05, 0) is 12.8 Å². The van der Waals surface area contributed by atoms with Gasteiger partial charge in [-0.2, -0.15) is 0 Å². The second-order valence-electron chi connectivity index (χ2n) is 2.62. The Morgan fingerprint density at radius 3 is 2.09 bits per heavy atom. The van der Waals surface area contributed by atoms with E-state index >= 15 is 0 Å². The van der Waals surface area contributed by atoms with Gasteiger partial charge in [0.1, 0.15) is 0 Å². The Balaban J connectivity index is 0.000001000. The van der Waals surface area contributed by atoms with E-state index in [1.807, 2.05) is 0 Å². The molecule has 5 heteroatoms. The maximum absolute atomic E-state index is 8.50. The topological polar surface area (TPSA) is 49.7 Å². The van der Waals surface area contributed by atoms with Crippen molar-refractivity contribution in [2.45, 2.75) is 38.2 Å². The third-order valence-electron chi connectivity index (χ3n) is 1.80. The van der Waals surface area contributed by atoms with Crippen LogP contribution in [0.2, 0.25) is 0 Å². The molecule has 64 valence electrons. The summed E-state index contributed by atoms with van der Waals surface area (Å²) in [4.78, 5) is 17.0. The average molecular weight is 303 g/mol. The van der Waals surface area contributed by atoms with Crippen molar-refractivity contribution in [3.63, 3.8) is 0 Å². The number of hydrogen-bond donors (Lipinski definition) is 2. The Bertz CT molecular complexity index is 95.8. The first-order valence-corrected chi connectivity index (χ1v) is 4.80. The average Bonchev–Trinajstić information content (AvgIpc) is 1.88. The van der Waals surface area contributed by atoms with Crippen LogP contribution >= 0.6 is 8.60 Å². The van der Waals surface area contributed by atoms with Crippen molar-refractivity contribution in [1.29, 1.82) is 0 Å². The molecule has 0 amide bonds. The minimum absolute atomic E-state index is 0. The van der Waals surface area contributed by atoms with Crippen LogP contribution in [0.25, 0.3) is 0 Å². The molecule has 0 aromatic carbocycles. The zero-order valence-electron chi connectivity index (χ0n) is 5.86. The van der Waals surface area contributed by atoms with Gasteiger partial charge in [-0.15, -0.1) is 0 Å². The molecule has 0 spiro atoms.